The number of hydrogen-bond donors (Lipinski definition) is 1. The summed E-state index contributed by atoms with van der Waals surface area (Å²) in [5.41, 5.74) is 0. The van der Waals surface area contributed by atoms with Crippen molar-refractivity contribution in [3.05, 3.63) is 12.2 Å². The molecule has 14 heteroatoms. The molecule has 10 nitrogen and oxygen atoms in total. The molecule has 0 heterocycles. The molecule has 0 saturated heterocycles. The molecule has 3 atom stereocenters. The van der Waals surface area contributed by atoms with Crippen LogP contribution in [-0.2, 0) is 31.4 Å². The summed E-state index contributed by atoms with van der Waals surface area (Å²) in [4.78, 5) is 37.4. The molecule has 1 aliphatic carbocycles. The Hall–Kier alpha value is -1.14. The Morgan fingerprint density at radius 3 is 1.85 bits per heavy atom. The van der Waals surface area contributed by atoms with E-state index in [1.807, 2.05) is 0 Å². The molecule has 3 unspecified atom stereocenters. The van der Waals surface area contributed by atoms with E-state index < -0.39 is 63.9 Å². The van der Waals surface area contributed by atoms with Gasteiger partial charge in [-0.2, -0.15) is 0 Å². The minimum absolute atomic E-state index is 0.0629. The molecular weight excluding hydrogens is 583 g/mol. The fourth-order valence-electron chi connectivity index (χ4n) is 4.67. The monoisotopic (exact) mass is 635 g/mol. The average molecular weight is 636 g/mol. The normalized spacial score (nSPS) is 20.9. The number of hydrogen-bond acceptors (Lipinski definition) is 9. The fraction of sp³-hybridized carbons (Fsp3) is 0.808. The topological polar surface area (TPSA) is 121 Å². The van der Waals surface area contributed by atoms with Crippen molar-refractivity contribution in [2.75, 3.05) is 13.7 Å². The van der Waals surface area contributed by atoms with E-state index >= 15 is 0 Å². The Balaban J connectivity index is 2.93. The maximum atomic E-state index is 12.8. The average Bonchev–Trinajstić information content (AvgIpc) is 2.76. The largest absolute Gasteiger partial charge is 0.469 e. The van der Waals surface area contributed by atoms with Gasteiger partial charge in [-0.15, -0.1) is 0 Å². The van der Waals surface area contributed by atoms with Crippen molar-refractivity contribution in [1.29, 1.82) is 0 Å². The third-order valence-electron chi connectivity index (χ3n) is 5.96. The van der Waals surface area contributed by atoms with Crippen molar-refractivity contribution in [1.82, 2.24) is 4.90 Å². The van der Waals surface area contributed by atoms with Gasteiger partial charge in [0.2, 0.25) is 0 Å². The highest BCUT2D eigenvalue weighted by atomic mass is 28.5. The van der Waals surface area contributed by atoms with Gasteiger partial charge in [0.1, 0.15) is 6.10 Å². The number of carbonyl (C=O) groups is 3. The maximum absolute atomic E-state index is 12.8. The lowest BCUT2D eigenvalue weighted by Crippen LogP contribution is -2.60. The van der Waals surface area contributed by atoms with Crippen LogP contribution in [0.15, 0.2) is 12.2 Å². The Morgan fingerprint density at radius 2 is 1.40 bits per heavy atom. The summed E-state index contributed by atoms with van der Waals surface area (Å²) in [6.45, 7) is 21.3. The van der Waals surface area contributed by atoms with Crippen LogP contribution in [0.25, 0.3) is 0 Å². The second-order valence-electron chi connectivity index (χ2n) is 13.3. The second kappa shape index (κ2) is 15.4. The Kier molecular flexibility index (Phi) is 14.2. The third-order valence-corrected chi connectivity index (χ3v) is 18.0. The van der Waals surface area contributed by atoms with E-state index in [1.165, 1.54) is 7.11 Å². The number of likely N-dealkylation sites (N-methyl/N-ethyl adjacent to an activating group) is 1. The molecule has 0 aromatic carbocycles. The Labute approximate surface area is 245 Å². The van der Waals surface area contributed by atoms with Crippen molar-refractivity contribution in [3.63, 3.8) is 0 Å². The molecule has 0 aromatic rings. The SMILES string of the molecule is CCN(C(=O)C=CC(=O)OC)C(=O)OC1CC(CCC[Si](O[Si](C)(C)C)(O[Si](C)(C)C)O[Si](C)(C)C)CCC1O. The highest BCUT2D eigenvalue weighted by Gasteiger charge is 2.49. The van der Waals surface area contributed by atoms with Crippen molar-refractivity contribution in [2.45, 2.75) is 116 Å². The molecule has 0 aliphatic heterocycles. The van der Waals surface area contributed by atoms with E-state index in [2.05, 4.69) is 63.7 Å². The highest BCUT2D eigenvalue weighted by Crippen LogP contribution is 2.34. The van der Waals surface area contributed by atoms with Gasteiger partial charge in [0.05, 0.1) is 13.2 Å². The molecule has 2 amide bonds. The Bertz CT molecular complexity index is 840. The summed E-state index contributed by atoms with van der Waals surface area (Å²) in [7, 11) is -7.60. The first-order chi connectivity index (χ1) is 18.2. The lowest BCUT2D eigenvalue weighted by atomic mass is 9.83. The van der Waals surface area contributed by atoms with Crippen LogP contribution in [0, 0.1) is 5.92 Å². The maximum Gasteiger partial charge on any atom is 0.469 e. The molecule has 1 fully saturated rings. The summed E-state index contributed by atoms with van der Waals surface area (Å²) >= 11 is 0. The summed E-state index contributed by atoms with van der Waals surface area (Å²) in [5.74, 6) is -1.15. The minimum Gasteiger partial charge on any atom is -0.466 e. The molecule has 40 heavy (non-hydrogen) atoms. The number of nitrogens with zero attached hydrogens (tertiary/aromatic N) is 1. The number of carbonyl (C=O) groups excluding carboxylic acids is 3. The zero-order valence-corrected chi connectivity index (χ0v) is 30.5. The molecule has 1 aliphatic rings. The standard InChI is InChI=1S/C26H53NO9Si4/c1-12-27(24(29)17-18-25(30)32-2)26(31)33-23-20-21(15-16-22(23)28)14-13-19-40(34-37(3,4)5,35-38(6,7)8)36-39(9,10)11/h17-18,21-23,28H,12-16,19-20H2,1-11H3. The molecule has 1 rings (SSSR count). The van der Waals surface area contributed by atoms with Gasteiger partial charge in [-0.3, -0.25) is 4.79 Å². The van der Waals surface area contributed by atoms with Crippen molar-refractivity contribution >= 4 is 51.7 Å². The first-order valence-electron chi connectivity index (χ1n) is 14.3. The quantitative estimate of drug-likeness (QED) is 0.150. The van der Waals surface area contributed by atoms with Gasteiger partial charge in [-0.05, 0) is 97.4 Å². The van der Waals surface area contributed by atoms with Gasteiger partial charge in [0.25, 0.3) is 5.91 Å². The number of imide groups is 1. The molecular formula is C26H53NO9Si4. The molecule has 0 bridgehead atoms. The highest BCUT2D eigenvalue weighted by molar-refractivity contribution is 6.90. The Morgan fingerprint density at radius 1 is 0.875 bits per heavy atom. The van der Waals surface area contributed by atoms with Crippen LogP contribution in [0.3, 0.4) is 0 Å². The van der Waals surface area contributed by atoms with Crippen LogP contribution in [0.2, 0.25) is 65.0 Å². The van der Waals surface area contributed by atoms with Gasteiger partial charge < -0.3 is 26.9 Å². The number of aliphatic hydroxyl groups excluding tert-OH is 1. The fourth-order valence-corrected chi connectivity index (χ4v) is 19.4. The number of ether oxygens (including phenoxy) is 2. The third kappa shape index (κ3) is 14.2. The van der Waals surface area contributed by atoms with Crippen LogP contribution < -0.4 is 0 Å². The number of rotatable bonds is 14. The first-order valence-corrected chi connectivity index (χ1v) is 26.4. The molecule has 0 aromatic heterocycles. The van der Waals surface area contributed by atoms with Crippen molar-refractivity contribution in [3.8, 4) is 0 Å². The van der Waals surface area contributed by atoms with Crippen molar-refractivity contribution < 1.29 is 41.3 Å². The van der Waals surface area contributed by atoms with E-state index in [0.29, 0.717) is 12.8 Å². The number of esters is 1. The lowest BCUT2D eigenvalue weighted by Gasteiger charge is -2.43. The van der Waals surface area contributed by atoms with Crippen LogP contribution in [0.4, 0.5) is 4.79 Å². The van der Waals surface area contributed by atoms with E-state index in [-0.39, 0.29) is 12.5 Å². The van der Waals surface area contributed by atoms with Crippen LogP contribution in [-0.4, -0.2) is 87.6 Å². The summed E-state index contributed by atoms with van der Waals surface area (Å²) in [6.07, 6.45) is 3.13. The molecule has 1 N–H and O–H groups in total. The zero-order chi connectivity index (χ0) is 30.9. The summed E-state index contributed by atoms with van der Waals surface area (Å²) in [6, 6.07) is 0.736. The minimum atomic E-state index is -2.93. The predicted octanol–water partition coefficient (Wildman–Crippen LogP) is 5.50. The van der Waals surface area contributed by atoms with Crippen LogP contribution >= 0.6 is 0 Å². The first kappa shape index (κ1) is 36.9. The summed E-state index contributed by atoms with van der Waals surface area (Å²) in [5, 5.41) is 10.6. The summed E-state index contributed by atoms with van der Waals surface area (Å²) < 4.78 is 30.4. The van der Waals surface area contributed by atoms with E-state index in [1.54, 1.807) is 6.92 Å². The van der Waals surface area contributed by atoms with Gasteiger partial charge in [0, 0.05) is 24.7 Å². The lowest BCUT2D eigenvalue weighted by molar-refractivity contribution is -0.135. The molecule has 1 saturated carbocycles. The van der Waals surface area contributed by atoms with Gasteiger partial charge in [0.15, 0.2) is 25.0 Å². The van der Waals surface area contributed by atoms with Crippen LogP contribution in [0.1, 0.15) is 39.0 Å². The number of aliphatic hydroxyl groups is 1. The number of methoxy groups -OCH3 is 1. The zero-order valence-electron chi connectivity index (χ0n) is 26.5. The molecule has 0 radical (unpaired) electrons. The van der Waals surface area contributed by atoms with Crippen LogP contribution in [0.5, 0.6) is 0 Å². The van der Waals surface area contributed by atoms with Gasteiger partial charge in [-0.25, -0.2) is 14.5 Å². The van der Waals surface area contributed by atoms with E-state index in [9.17, 15) is 19.5 Å². The number of amides is 2. The smallest absolute Gasteiger partial charge is 0.466 e. The second-order valence-corrected chi connectivity index (χ2v) is 30.3. The van der Waals surface area contributed by atoms with Crippen molar-refractivity contribution in [2.24, 2.45) is 5.92 Å². The molecule has 232 valence electrons. The van der Waals surface area contributed by atoms with Gasteiger partial charge in [-0.1, -0.05) is 6.42 Å². The van der Waals surface area contributed by atoms with Gasteiger partial charge >= 0.3 is 20.9 Å². The van der Waals surface area contributed by atoms with E-state index in [4.69, 9.17) is 17.1 Å². The van der Waals surface area contributed by atoms with E-state index in [0.717, 1.165) is 42.4 Å². The predicted molar refractivity (Wildman–Crippen MR) is 165 cm³/mol. The molecule has 0 spiro atoms.